The van der Waals surface area contributed by atoms with Gasteiger partial charge in [0.25, 0.3) is 10.1 Å². The Hall–Kier alpha value is -0.910. The van der Waals surface area contributed by atoms with Crippen molar-refractivity contribution in [2.45, 2.75) is 68.5 Å². The van der Waals surface area contributed by atoms with Crippen molar-refractivity contribution in [2.24, 2.45) is 5.92 Å². The SMILES string of the molecule is Cc1ccc(S(=O)(=O)O[C@@H]2CCC[C@]3(O)CCCC[C@H]23)cc1. The number of fused-ring (bicyclic) bond motifs is 1. The maximum Gasteiger partial charge on any atom is 0.297 e. The Morgan fingerprint density at radius 3 is 2.50 bits per heavy atom. The average molecular weight is 324 g/mol. The molecule has 2 saturated carbocycles. The minimum Gasteiger partial charge on any atom is -0.390 e. The van der Waals surface area contributed by atoms with Gasteiger partial charge < -0.3 is 5.11 Å². The van der Waals surface area contributed by atoms with Crippen molar-refractivity contribution in [3.8, 4) is 0 Å². The third-order valence-corrected chi connectivity index (χ3v) is 6.52. The predicted octanol–water partition coefficient (Wildman–Crippen LogP) is 3.17. The van der Waals surface area contributed by atoms with Crippen LogP contribution in [-0.2, 0) is 14.3 Å². The molecule has 0 aromatic heterocycles. The number of aryl methyl sites for hydroxylation is 1. The Bertz CT molecular complexity index is 619. The van der Waals surface area contributed by atoms with Crippen LogP contribution in [-0.4, -0.2) is 25.2 Å². The van der Waals surface area contributed by atoms with Gasteiger partial charge in [0.15, 0.2) is 0 Å². The number of hydrogen-bond donors (Lipinski definition) is 1. The van der Waals surface area contributed by atoms with Crippen LogP contribution < -0.4 is 0 Å². The van der Waals surface area contributed by atoms with E-state index in [1.54, 1.807) is 24.3 Å². The van der Waals surface area contributed by atoms with Gasteiger partial charge >= 0.3 is 0 Å². The van der Waals surface area contributed by atoms with Crippen LogP contribution in [0, 0.1) is 12.8 Å². The van der Waals surface area contributed by atoms with Gasteiger partial charge in [-0.25, -0.2) is 0 Å². The second-order valence-corrected chi connectivity index (χ2v) is 8.32. The van der Waals surface area contributed by atoms with Crippen LogP contribution in [0.2, 0.25) is 0 Å². The van der Waals surface area contributed by atoms with Gasteiger partial charge in [-0.05, 0) is 51.2 Å². The summed E-state index contributed by atoms with van der Waals surface area (Å²) in [7, 11) is -3.77. The summed E-state index contributed by atoms with van der Waals surface area (Å²) in [5, 5.41) is 10.8. The van der Waals surface area contributed by atoms with Gasteiger partial charge in [0.1, 0.15) is 0 Å². The smallest absolute Gasteiger partial charge is 0.297 e. The van der Waals surface area contributed by atoms with Gasteiger partial charge in [0.05, 0.1) is 16.6 Å². The molecule has 22 heavy (non-hydrogen) atoms. The molecule has 0 radical (unpaired) electrons. The fourth-order valence-electron chi connectivity index (χ4n) is 3.94. The molecule has 2 aliphatic rings. The van der Waals surface area contributed by atoms with Crippen molar-refractivity contribution in [1.29, 1.82) is 0 Å². The van der Waals surface area contributed by atoms with Crippen LogP contribution in [0.3, 0.4) is 0 Å². The lowest BCUT2D eigenvalue weighted by Gasteiger charge is -2.47. The van der Waals surface area contributed by atoms with E-state index in [0.29, 0.717) is 6.42 Å². The van der Waals surface area contributed by atoms with Gasteiger partial charge in [-0.3, -0.25) is 4.18 Å². The van der Waals surface area contributed by atoms with Crippen molar-refractivity contribution < 1.29 is 17.7 Å². The lowest BCUT2D eigenvalue weighted by atomic mass is 9.66. The summed E-state index contributed by atoms with van der Waals surface area (Å²) >= 11 is 0. The molecule has 2 aliphatic carbocycles. The van der Waals surface area contributed by atoms with E-state index in [4.69, 9.17) is 4.18 Å². The highest BCUT2D eigenvalue weighted by molar-refractivity contribution is 7.86. The number of rotatable bonds is 3. The molecule has 0 unspecified atom stereocenters. The zero-order chi connectivity index (χ0) is 15.8. The molecule has 3 rings (SSSR count). The number of benzene rings is 1. The molecule has 0 heterocycles. The summed E-state index contributed by atoms with van der Waals surface area (Å²) in [6.45, 7) is 1.92. The number of hydrogen-bond acceptors (Lipinski definition) is 4. The molecule has 122 valence electrons. The molecule has 0 amide bonds. The van der Waals surface area contributed by atoms with Crippen LogP contribution in [0.5, 0.6) is 0 Å². The number of aliphatic hydroxyl groups is 1. The topological polar surface area (TPSA) is 63.6 Å². The van der Waals surface area contributed by atoms with Gasteiger partial charge in [0, 0.05) is 5.92 Å². The first-order chi connectivity index (χ1) is 10.4. The fraction of sp³-hybridized carbons (Fsp3) is 0.647. The Morgan fingerprint density at radius 1 is 1.09 bits per heavy atom. The molecule has 1 aromatic carbocycles. The molecule has 0 bridgehead atoms. The summed E-state index contributed by atoms with van der Waals surface area (Å²) in [6, 6.07) is 6.71. The average Bonchev–Trinajstić information content (AvgIpc) is 2.47. The molecule has 1 aromatic rings. The third-order valence-electron chi connectivity index (χ3n) is 5.17. The standard InChI is InChI=1S/C17H24O4S/c1-13-7-9-14(10-8-13)22(19,20)21-16-6-4-12-17(18)11-3-2-5-15(16)17/h7-10,15-16,18H,2-6,11-12H2,1H3/t15-,16-,17-/m1/s1. The lowest BCUT2D eigenvalue weighted by molar-refractivity contribution is -0.116. The van der Waals surface area contributed by atoms with Gasteiger partial charge in [-0.1, -0.05) is 30.5 Å². The van der Waals surface area contributed by atoms with Crippen LogP contribution >= 0.6 is 0 Å². The maximum atomic E-state index is 12.5. The van der Waals surface area contributed by atoms with Crippen molar-refractivity contribution >= 4 is 10.1 Å². The monoisotopic (exact) mass is 324 g/mol. The molecule has 2 fully saturated rings. The highest BCUT2D eigenvalue weighted by atomic mass is 32.2. The van der Waals surface area contributed by atoms with Crippen LogP contribution in [0.15, 0.2) is 29.2 Å². The second kappa shape index (κ2) is 5.95. The van der Waals surface area contributed by atoms with Crippen molar-refractivity contribution in [3.63, 3.8) is 0 Å². The van der Waals surface area contributed by atoms with E-state index in [1.165, 1.54) is 0 Å². The maximum absolute atomic E-state index is 12.5. The molecular weight excluding hydrogens is 300 g/mol. The van der Waals surface area contributed by atoms with Crippen LogP contribution in [0.25, 0.3) is 0 Å². The van der Waals surface area contributed by atoms with Gasteiger partial charge in [-0.2, -0.15) is 8.42 Å². The first-order valence-electron chi connectivity index (χ1n) is 8.13. The summed E-state index contributed by atoms with van der Waals surface area (Å²) < 4.78 is 30.5. The van der Waals surface area contributed by atoms with E-state index in [1.807, 2.05) is 6.92 Å². The van der Waals surface area contributed by atoms with E-state index >= 15 is 0 Å². The minimum atomic E-state index is -3.77. The normalized spacial score (nSPS) is 32.5. The van der Waals surface area contributed by atoms with Gasteiger partial charge in [-0.15, -0.1) is 0 Å². The van der Waals surface area contributed by atoms with Gasteiger partial charge in [0.2, 0.25) is 0 Å². The second-order valence-electron chi connectivity index (χ2n) is 6.75. The predicted molar refractivity (Wildman–Crippen MR) is 84.0 cm³/mol. The zero-order valence-electron chi connectivity index (χ0n) is 13.0. The van der Waals surface area contributed by atoms with Crippen molar-refractivity contribution in [3.05, 3.63) is 29.8 Å². The summed E-state index contributed by atoms with van der Waals surface area (Å²) in [4.78, 5) is 0.197. The molecule has 4 nitrogen and oxygen atoms in total. The Morgan fingerprint density at radius 2 is 1.77 bits per heavy atom. The van der Waals surface area contributed by atoms with Crippen LogP contribution in [0.1, 0.15) is 50.5 Å². The summed E-state index contributed by atoms with van der Waals surface area (Å²) in [5.41, 5.74) is 0.280. The highest BCUT2D eigenvalue weighted by Crippen LogP contribution is 2.45. The van der Waals surface area contributed by atoms with E-state index < -0.39 is 21.8 Å². The first-order valence-corrected chi connectivity index (χ1v) is 9.54. The van der Waals surface area contributed by atoms with E-state index in [0.717, 1.165) is 44.1 Å². The largest absolute Gasteiger partial charge is 0.390 e. The quantitative estimate of drug-likeness (QED) is 0.867. The molecule has 0 saturated heterocycles. The Balaban J connectivity index is 1.80. The van der Waals surface area contributed by atoms with E-state index in [9.17, 15) is 13.5 Å². The van der Waals surface area contributed by atoms with Crippen molar-refractivity contribution in [1.82, 2.24) is 0 Å². The molecule has 5 heteroatoms. The zero-order valence-corrected chi connectivity index (χ0v) is 13.8. The molecule has 3 atom stereocenters. The molecular formula is C17H24O4S. The molecule has 0 spiro atoms. The summed E-state index contributed by atoms with van der Waals surface area (Å²) in [6.07, 6.45) is 5.57. The minimum absolute atomic E-state index is 0.0600. The Labute approximate surface area is 132 Å². The van der Waals surface area contributed by atoms with E-state index in [-0.39, 0.29) is 10.8 Å². The summed E-state index contributed by atoms with van der Waals surface area (Å²) in [5.74, 6) is -0.0600. The Kier molecular flexibility index (Phi) is 4.32. The molecule has 1 N–H and O–H groups in total. The lowest BCUT2D eigenvalue weighted by Crippen LogP contribution is -2.50. The van der Waals surface area contributed by atoms with Crippen molar-refractivity contribution in [2.75, 3.05) is 0 Å². The molecule has 0 aliphatic heterocycles. The highest BCUT2D eigenvalue weighted by Gasteiger charge is 2.47. The first kappa shape index (κ1) is 16.0. The van der Waals surface area contributed by atoms with E-state index in [2.05, 4.69) is 0 Å². The third kappa shape index (κ3) is 3.07. The van der Waals surface area contributed by atoms with Crippen LogP contribution in [0.4, 0.5) is 0 Å². The fourth-order valence-corrected chi connectivity index (χ4v) is 5.08.